The van der Waals surface area contributed by atoms with Crippen molar-refractivity contribution in [3.8, 4) is 0 Å². The SMILES string of the molecule is COC(=O)C(Br)CNC(=O)c1cc(C)nnc1C. The predicted octanol–water partition coefficient (Wildman–Crippen LogP) is 0.760. The van der Waals surface area contributed by atoms with Crippen LogP contribution in [0.15, 0.2) is 6.07 Å². The quantitative estimate of drug-likeness (QED) is 0.655. The van der Waals surface area contributed by atoms with Gasteiger partial charge in [0.05, 0.1) is 24.1 Å². The summed E-state index contributed by atoms with van der Waals surface area (Å²) in [5.41, 5.74) is 1.66. The maximum Gasteiger partial charge on any atom is 0.321 e. The van der Waals surface area contributed by atoms with Crippen molar-refractivity contribution in [2.45, 2.75) is 18.7 Å². The van der Waals surface area contributed by atoms with E-state index in [2.05, 4.69) is 36.2 Å². The third-order valence-electron chi connectivity index (χ3n) is 2.24. The lowest BCUT2D eigenvalue weighted by Crippen LogP contribution is -2.34. The third kappa shape index (κ3) is 3.76. The molecule has 0 saturated carbocycles. The molecular weight excluding hydrogens is 302 g/mol. The standard InChI is InChI=1S/C11H14BrN3O3/c1-6-4-8(7(2)15-14-6)10(16)13-5-9(12)11(17)18-3/h4,9H,5H2,1-3H3,(H,13,16). The van der Waals surface area contributed by atoms with E-state index in [1.807, 2.05) is 0 Å². The van der Waals surface area contributed by atoms with Gasteiger partial charge in [-0.25, -0.2) is 0 Å². The zero-order valence-corrected chi connectivity index (χ0v) is 11.9. The van der Waals surface area contributed by atoms with Gasteiger partial charge >= 0.3 is 5.97 Å². The van der Waals surface area contributed by atoms with Crippen molar-refractivity contribution in [3.05, 3.63) is 23.0 Å². The number of carbonyl (C=O) groups is 2. The summed E-state index contributed by atoms with van der Waals surface area (Å²) >= 11 is 3.12. The van der Waals surface area contributed by atoms with Gasteiger partial charge in [-0.3, -0.25) is 9.59 Å². The molecule has 18 heavy (non-hydrogen) atoms. The van der Waals surface area contributed by atoms with Crippen LogP contribution in [-0.2, 0) is 9.53 Å². The maximum absolute atomic E-state index is 11.9. The molecule has 1 aromatic rings. The summed E-state index contributed by atoms with van der Waals surface area (Å²) < 4.78 is 4.53. The number of esters is 1. The molecule has 0 saturated heterocycles. The fourth-order valence-corrected chi connectivity index (χ4v) is 1.62. The maximum atomic E-state index is 11.9. The molecule has 0 aliphatic rings. The number of halogens is 1. The van der Waals surface area contributed by atoms with Crippen molar-refractivity contribution in [1.82, 2.24) is 15.5 Å². The smallest absolute Gasteiger partial charge is 0.321 e. The van der Waals surface area contributed by atoms with Crippen molar-refractivity contribution in [2.24, 2.45) is 0 Å². The number of hydrogen-bond acceptors (Lipinski definition) is 5. The average Bonchev–Trinajstić information content (AvgIpc) is 2.37. The first kappa shape index (κ1) is 14.6. The number of rotatable bonds is 4. The molecule has 0 spiro atoms. The molecule has 1 atom stereocenters. The van der Waals surface area contributed by atoms with Gasteiger partial charge in [0.2, 0.25) is 0 Å². The van der Waals surface area contributed by atoms with Crippen molar-refractivity contribution in [3.63, 3.8) is 0 Å². The predicted molar refractivity (Wildman–Crippen MR) is 68.6 cm³/mol. The number of carbonyl (C=O) groups excluding carboxylic acids is 2. The van der Waals surface area contributed by atoms with Gasteiger partial charge in [-0.15, -0.1) is 0 Å². The van der Waals surface area contributed by atoms with Crippen LogP contribution >= 0.6 is 15.9 Å². The number of amides is 1. The van der Waals surface area contributed by atoms with Crippen LogP contribution in [0, 0.1) is 13.8 Å². The molecule has 1 N–H and O–H groups in total. The minimum atomic E-state index is -0.567. The average molecular weight is 316 g/mol. The van der Waals surface area contributed by atoms with Gasteiger partial charge in [-0.2, -0.15) is 10.2 Å². The number of nitrogens with one attached hydrogen (secondary N) is 1. The van der Waals surface area contributed by atoms with E-state index in [9.17, 15) is 9.59 Å². The summed E-state index contributed by atoms with van der Waals surface area (Å²) in [5, 5.41) is 10.3. The summed E-state index contributed by atoms with van der Waals surface area (Å²) in [6.07, 6.45) is 0. The zero-order chi connectivity index (χ0) is 13.7. The van der Waals surface area contributed by atoms with Crippen LogP contribution in [0.25, 0.3) is 0 Å². The van der Waals surface area contributed by atoms with Gasteiger partial charge in [0, 0.05) is 6.54 Å². The Balaban J connectivity index is 2.66. The number of alkyl halides is 1. The summed E-state index contributed by atoms with van der Waals surface area (Å²) in [5.74, 6) is -0.727. The van der Waals surface area contributed by atoms with Gasteiger partial charge in [-0.05, 0) is 19.9 Å². The van der Waals surface area contributed by atoms with Gasteiger partial charge < -0.3 is 10.1 Å². The van der Waals surface area contributed by atoms with Crippen molar-refractivity contribution >= 4 is 27.8 Å². The molecule has 0 fully saturated rings. The van der Waals surface area contributed by atoms with Crippen molar-refractivity contribution in [1.29, 1.82) is 0 Å². The van der Waals surface area contributed by atoms with E-state index >= 15 is 0 Å². The Kier molecular flexibility index (Phi) is 5.21. The number of aromatic nitrogens is 2. The third-order valence-corrected chi connectivity index (χ3v) is 2.94. The number of ether oxygens (including phenoxy) is 1. The molecule has 0 aliphatic heterocycles. The van der Waals surface area contributed by atoms with Crippen LogP contribution in [0.4, 0.5) is 0 Å². The highest BCUT2D eigenvalue weighted by atomic mass is 79.9. The molecule has 0 radical (unpaired) electrons. The lowest BCUT2D eigenvalue weighted by Gasteiger charge is -2.10. The van der Waals surface area contributed by atoms with Crippen molar-refractivity contribution < 1.29 is 14.3 Å². The fraction of sp³-hybridized carbons (Fsp3) is 0.455. The molecule has 1 unspecified atom stereocenters. The summed E-state index contributed by atoms with van der Waals surface area (Å²) in [6.45, 7) is 3.60. The van der Waals surface area contributed by atoms with E-state index in [0.717, 1.165) is 0 Å². The van der Waals surface area contributed by atoms with Gasteiger partial charge in [0.1, 0.15) is 4.83 Å². The fourth-order valence-electron chi connectivity index (χ4n) is 1.27. The Morgan fingerprint density at radius 3 is 2.72 bits per heavy atom. The van der Waals surface area contributed by atoms with E-state index in [0.29, 0.717) is 17.0 Å². The molecule has 0 bridgehead atoms. The summed E-state index contributed by atoms with van der Waals surface area (Å²) in [7, 11) is 1.29. The Labute approximate surface area is 113 Å². The lowest BCUT2D eigenvalue weighted by molar-refractivity contribution is -0.139. The molecule has 1 heterocycles. The second kappa shape index (κ2) is 6.44. The van der Waals surface area contributed by atoms with Gasteiger partial charge in [0.25, 0.3) is 5.91 Å². The number of hydrogen-bond donors (Lipinski definition) is 1. The molecule has 0 aliphatic carbocycles. The number of methoxy groups -OCH3 is 1. The Bertz CT molecular complexity index is 465. The number of nitrogens with zero attached hydrogens (tertiary/aromatic N) is 2. The normalized spacial score (nSPS) is 11.8. The van der Waals surface area contributed by atoms with Crippen LogP contribution in [0.2, 0.25) is 0 Å². The van der Waals surface area contributed by atoms with Crippen LogP contribution in [0.5, 0.6) is 0 Å². The first-order chi connectivity index (χ1) is 8.45. The Morgan fingerprint density at radius 2 is 2.11 bits per heavy atom. The van der Waals surface area contributed by atoms with Gasteiger partial charge in [-0.1, -0.05) is 15.9 Å². The van der Waals surface area contributed by atoms with Crippen LogP contribution < -0.4 is 5.32 Å². The summed E-state index contributed by atoms with van der Waals surface area (Å²) in [6, 6.07) is 1.65. The van der Waals surface area contributed by atoms with E-state index < -0.39 is 10.8 Å². The molecule has 1 amide bonds. The molecule has 1 aromatic heterocycles. The van der Waals surface area contributed by atoms with Gasteiger partial charge in [0.15, 0.2) is 0 Å². The van der Waals surface area contributed by atoms with Crippen molar-refractivity contribution in [2.75, 3.05) is 13.7 Å². The topological polar surface area (TPSA) is 81.2 Å². The molecule has 0 aromatic carbocycles. The second-order valence-corrected chi connectivity index (χ2v) is 4.79. The lowest BCUT2D eigenvalue weighted by atomic mass is 10.2. The number of aryl methyl sites for hydroxylation is 2. The van der Waals surface area contributed by atoms with E-state index in [1.54, 1.807) is 19.9 Å². The van der Waals surface area contributed by atoms with Crippen LogP contribution in [0.3, 0.4) is 0 Å². The highest BCUT2D eigenvalue weighted by Crippen LogP contribution is 2.06. The summed E-state index contributed by atoms with van der Waals surface area (Å²) in [4.78, 5) is 22.5. The molecule has 6 nitrogen and oxygen atoms in total. The van der Waals surface area contributed by atoms with E-state index in [1.165, 1.54) is 7.11 Å². The largest absolute Gasteiger partial charge is 0.468 e. The Hall–Kier alpha value is -1.50. The minimum absolute atomic E-state index is 0.145. The zero-order valence-electron chi connectivity index (χ0n) is 10.4. The molecular formula is C11H14BrN3O3. The highest BCUT2D eigenvalue weighted by molar-refractivity contribution is 9.10. The van der Waals surface area contributed by atoms with Crippen LogP contribution in [0.1, 0.15) is 21.7 Å². The minimum Gasteiger partial charge on any atom is -0.468 e. The second-order valence-electron chi connectivity index (χ2n) is 3.69. The monoisotopic (exact) mass is 315 g/mol. The molecule has 1 rings (SSSR count). The first-order valence-corrected chi connectivity index (χ1v) is 6.18. The Morgan fingerprint density at radius 1 is 1.44 bits per heavy atom. The van der Waals surface area contributed by atoms with Crippen LogP contribution in [-0.4, -0.2) is 40.6 Å². The van der Waals surface area contributed by atoms with E-state index in [4.69, 9.17) is 0 Å². The molecule has 7 heteroatoms. The highest BCUT2D eigenvalue weighted by Gasteiger charge is 2.17. The van der Waals surface area contributed by atoms with E-state index in [-0.39, 0.29) is 12.5 Å². The first-order valence-electron chi connectivity index (χ1n) is 5.26. The molecule has 98 valence electrons.